The first-order chi connectivity index (χ1) is 5.07. The Labute approximate surface area is 60.9 Å². The minimum Gasteiger partial charge on any atom is -0.448 e. The van der Waals surface area contributed by atoms with Gasteiger partial charge in [0.15, 0.2) is 6.67 Å². The van der Waals surface area contributed by atoms with Crippen LogP contribution in [0.5, 0.6) is 0 Å². The van der Waals surface area contributed by atoms with E-state index < -0.39 is 23.2 Å². The lowest BCUT2D eigenvalue weighted by Gasteiger charge is -2.10. The third-order valence-corrected chi connectivity index (χ3v) is 0.697. The molecule has 0 saturated carbocycles. The van der Waals surface area contributed by atoms with E-state index in [1.54, 1.807) is 0 Å². The van der Waals surface area contributed by atoms with Crippen molar-refractivity contribution in [2.45, 2.75) is 6.92 Å². The van der Waals surface area contributed by atoms with Gasteiger partial charge in [-0.2, -0.15) is 0 Å². The lowest BCUT2D eigenvalue weighted by Crippen LogP contribution is -2.29. The molecule has 0 radical (unpaired) electrons. The zero-order valence-corrected chi connectivity index (χ0v) is 5.76. The molecule has 0 aliphatic carbocycles. The Morgan fingerprint density at radius 1 is 1.45 bits per heavy atom. The molecule has 0 unspecified atom stereocenters. The van der Waals surface area contributed by atoms with E-state index in [9.17, 15) is 18.2 Å². The highest BCUT2D eigenvalue weighted by Gasteiger charge is 2.17. The summed E-state index contributed by atoms with van der Waals surface area (Å²) in [7, 11) is 0. The molecule has 0 aliphatic rings. The first-order valence-corrected chi connectivity index (χ1v) is 2.77. The molecule has 11 heavy (non-hydrogen) atoms. The predicted molar refractivity (Wildman–Crippen MR) is 28.9 cm³/mol. The lowest BCUT2D eigenvalue weighted by molar-refractivity contribution is -0.203. The molecule has 0 aromatic heterocycles. The number of rotatable bonds is 3. The summed E-state index contributed by atoms with van der Waals surface area (Å²) in [4.78, 5) is 10.2. The monoisotopic (exact) mass is 172 g/mol. The van der Waals surface area contributed by atoms with Crippen LogP contribution in [0.1, 0.15) is 6.92 Å². The summed E-state index contributed by atoms with van der Waals surface area (Å²) in [5.74, 6) is 0. The van der Waals surface area contributed by atoms with Gasteiger partial charge in [-0.3, -0.25) is 0 Å². The molecule has 4 nitrogen and oxygen atoms in total. The summed E-state index contributed by atoms with van der Waals surface area (Å²) in [5, 5.41) is -2.21. The lowest BCUT2D eigenvalue weighted by atomic mass is 10.8. The number of carbonyl (C=O) groups excluding carboxylic acids is 1. The van der Waals surface area contributed by atoms with Crippen LogP contribution in [0.3, 0.4) is 0 Å². The fraction of sp³-hybridized carbons (Fsp3) is 0.750. The van der Waals surface area contributed by atoms with Crippen LogP contribution < -0.4 is 0 Å². The highest BCUT2D eigenvalue weighted by Crippen LogP contribution is 1.98. The number of halogens is 3. The van der Waals surface area contributed by atoms with Gasteiger partial charge in [-0.1, -0.05) is 13.4 Å². The van der Waals surface area contributed by atoms with E-state index in [1.807, 2.05) is 0 Å². The summed E-state index contributed by atoms with van der Waals surface area (Å²) in [6.45, 7) is -0.0366. The Balaban J connectivity index is 3.64. The Morgan fingerprint density at radius 2 is 2.00 bits per heavy atom. The third-order valence-electron chi connectivity index (χ3n) is 0.697. The number of ether oxygens (including phenoxy) is 1. The first-order valence-electron chi connectivity index (χ1n) is 2.77. The van der Waals surface area contributed by atoms with Gasteiger partial charge >= 0.3 is 6.09 Å². The van der Waals surface area contributed by atoms with Crippen LogP contribution in [-0.2, 0) is 4.74 Å². The van der Waals surface area contributed by atoms with Gasteiger partial charge in [-0.05, 0) is 6.92 Å². The molecule has 1 amide bonds. The van der Waals surface area contributed by atoms with Gasteiger partial charge in [0.1, 0.15) is 0 Å². The Morgan fingerprint density at radius 3 is 2.36 bits per heavy atom. The van der Waals surface area contributed by atoms with Crippen molar-refractivity contribution in [2.24, 2.45) is 0 Å². The van der Waals surface area contributed by atoms with Crippen molar-refractivity contribution in [3.8, 4) is 0 Å². The Kier molecular flexibility index (Phi) is 4.35. The second-order valence-electron chi connectivity index (χ2n) is 1.51. The number of hydrogen-bond donors (Lipinski definition) is 0. The van der Waals surface area contributed by atoms with Crippen molar-refractivity contribution in [3.05, 3.63) is 0 Å². The number of hydrogen-bond acceptors (Lipinski definition) is 3. The van der Waals surface area contributed by atoms with Gasteiger partial charge in [0.25, 0.3) is 0 Å². The maximum Gasteiger partial charge on any atom is 0.439 e. The molecule has 0 bridgehead atoms. The Hall–Kier alpha value is -0.980. The van der Waals surface area contributed by atoms with Crippen molar-refractivity contribution < 1.29 is 23.0 Å². The van der Waals surface area contributed by atoms with Gasteiger partial charge in [-0.15, -0.1) is 5.12 Å². The molecule has 0 aromatic carbocycles. The topological polar surface area (TPSA) is 32.8 Å². The molecule has 0 atom stereocenters. The highest BCUT2D eigenvalue weighted by atomic mass is 19.4. The summed E-state index contributed by atoms with van der Waals surface area (Å²) in [6.07, 6.45) is -1.42. The summed E-state index contributed by atoms with van der Waals surface area (Å²) < 4.78 is 38.6. The molecule has 0 heterocycles. The minimum absolute atomic E-state index is 0.0577. The van der Waals surface area contributed by atoms with Crippen LogP contribution in [0.2, 0.25) is 0 Å². The summed E-state index contributed by atoms with van der Waals surface area (Å²) >= 11 is 0. The van der Waals surface area contributed by atoms with Gasteiger partial charge in [0.05, 0.1) is 6.61 Å². The minimum atomic E-state index is -1.48. The molecule has 7 heteroatoms. The second-order valence-corrected chi connectivity index (χ2v) is 1.51. The van der Waals surface area contributed by atoms with E-state index in [-0.39, 0.29) is 6.61 Å². The highest BCUT2D eigenvalue weighted by molar-refractivity contribution is 5.65. The molecule has 0 rings (SSSR count). The van der Waals surface area contributed by atoms with Crippen LogP contribution in [0.25, 0.3) is 0 Å². The van der Waals surface area contributed by atoms with E-state index in [4.69, 9.17) is 0 Å². The van der Waals surface area contributed by atoms with E-state index in [2.05, 4.69) is 4.74 Å². The molecule has 0 fully saturated rings. The fourth-order valence-electron chi connectivity index (χ4n) is 0.345. The van der Waals surface area contributed by atoms with Crippen molar-refractivity contribution in [1.82, 2.24) is 10.5 Å². The second kappa shape index (κ2) is 4.78. The van der Waals surface area contributed by atoms with Crippen molar-refractivity contribution in [1.29, 1.82) is 0 Å². The largest absolute Gasteiger partial charge is 0.448 e. The van der Waals surface area contributed by atoms with Gasteiger partial charge < -0.3 is 4.74 Å². The quantitative estimate of drug-likeness (QED) is 0.476. The Bertz CT molecular complexity index is 133. The van der Waals surface area contributed by atoms with Crippen molar-refractivity contribution in [2.75, 3.05) is 13.3 Å². The van der Waals surface area contributed by atoms with Gasteiger partial charge in [0, 0.05) is 5.34 Å². The van der Waals surface area contributed by atoms with E-state index >= 15 is 0 Å². The maximum absolute atomic E-state index is 12.1. The number of amides is 1. The normalized spacial score (nSPS) is 9.91. The van der Waals surface area contributed by atoms with Crippen LogP contribution >= 0.6 is 0 Å². The average Bonchev–Trinajstić information content (AvgIpc) is 1.86. The molecule has 0 aromatic rings. The van der Waals surface area contributed by atoms with Crippen LogP contribution in [0.4, 0.5) is 18.2 Å². The molecule has 0 saturated heterocycles. The first kappa shape index (κ1) is 10.0. The fourth-order valence-corrected chi connectivity index (χ4v) is 0.345. The molecule has 0 N–H and O–H groups in total. The van der Waals surface area contributed by atoms with E-state index in [1.165, 1.54) is 6.92 Å². The zero-order valence-electron chi connectivity index (χ0n) is 5.76. The standard InChI is InChI=1S/C4H7F3N2O2/c1-2-11-4(10)8(5)3-9(6)7/h2-3H2,1H3. The molecule has 0 spiro atoms. The van der Waals surface area contributed by atoms with Crippen molar-refractivity contribution >= 4 is 6.09 Å². The number of carbonyl (C=O) groups is 1. The van der Waals surface area contributed by atoms with Gasteiger partial charge in [0.2, 0.25) is 0 Å². The van der Waals surface area contributed by atoms with Gasteiger partial charge in [-0.25, -0.2) is 4.79 Å². The molecule has 66 valence electrons. The van der Waals surface area contributed by atoms with E-state index in [0.717, 1.165) is 0 Å². The summed E-state index contributed by atoms with van der Waals surface area (Å²) in [6, 6.07) is 0. The zero-order chi connectivity index (χ0) is 8.85. The van der Waals surface area contributed by atoms with Crippen LogP contribution in [0.15, 0.2) is 0 Å². The van der Waals surface area contributed by atoms with E-state index in [0.29, 0.717) is 0 Å². The molecular weight excluding hydrogens is 165 g/mol. The molecule has 0 aliphatic heterocycles. The maximum atomic E-state index is 12.1. The molecular formula is C4H7F3N2O2. The van der Waals surface area contributed by atoms with Crippen LogP contribution in [0, 0.1) is 0 Å². The number of nitrogens with zero attached hydrogens (tertiary/aromatic N) is 2. The smallest absolute Gasteiger partial charge is 0.439 e. The predicted octanol–water partition coefficient (Wildman–Crippen LogP) is 1.36. The third kappa shape index (κ3) is 4.43. The van der Waals surface area contributed by atoms with Crippen LogP contribution in [-0.4, -0.2) is 29.8 Å². The van der Waals surface area contributed by atoms with Crippen molar-refractivity contribution in [3.63, 3.8) is 0 Å². The average molecular weight is 172 g/mol. The SMILES string of the molecule is CCOC(=O)N(F)CN(F)F. The summed E-state index contributed by atoms with van der Waals surface area (Å²) in [5.41, 5.74) is 0.